The summed E-state index contributed by atoms with van der Waals surface area (Å²) in [4.78, 5) is 1.25. The molecule has 1 saturated heterocycles. The van der Waals surface area contributed by atoms with E-state index in [1.165, 1.54) is 0 Å². The molecule has 2 fully saturated rings. The van der Waals surface area contributed by atoms with Gasteiger partial charge in [0.2, 0.25) is 0 Å². The van der Waals surface area contributed by atoms with Crippen LogP contribution in [0.4, 0.5) is 0 Å². The molecule has 1 saturated carbocycles. The summed E-state index contributed by atoms with van der Waals surface area (Å²) in [6, 6.07) is 6.82. The molecular weight excluding hydrogens is 408 g/mol. The standard InChI is InChI=1S/C13H17NO3SSe2/c1-8-2-4-9(5-3-8)18(16,17)14-10-6-11(15)13-7-12(10)19-20-13/h2-5,10-15H,6-7H2,1H3/t10-,11+,12-,13+/m1/s1. The second kappa shape index (κ2) is 5.73. The number of sulfonamides is 1. The minimum absolute atomic E-state index is 0.0862. The maximum atomic E-state index is 12.4. The first-order valence-electron chi connectivity index (χ1n) is 6.55. The van der Waals surface area contributed by atoms with Crippen LogP contribution in [0.1, 0.15) is 18.4 Å². The molecule has 0 spiro atoms. The Kier molecular flexibility index (Phi) is 4.31. The van der Waals surface area contributed by atoms with Gasteiger partial charge in [-0.3, -0.25) is 0 Å². The Bertz CT molecular complexity index is 590. The second-order valence-electron chi connectivity index (χ2n) is 5.35. The predicted octanol–water partition coefficient (Wildman–Crippen LogP) is 0.711. The van der Waals surface area contributed by atoms with E-state index in [1.54, 1.807) is 12.1 Å². The van der Waals surface area contributed by atoms with Gasteiger partial charge in [-0.15, -0.1) is 0 Å². The van der Waals surface area contributed by atoms with Gasteiger partial charge in [-0.1, -0.05) is 0 Å². The molecule has 4 nitrogen and oxygen atoms in total. The Labute approximate surface area is 130 Å². The zero-order chi connectivity index (χ0) is 14.3. The zero-order valence-corrected chi connectivity index (χ0v) is 15.3. The third kappa shape index (κ3) is 3.00. The van der Waals surface area contributed by atoms with E-state index in [4.69, 9.17) is 0 Å². The zero-order valence-electron chi connectivity index (χ0n) is 11.0. The van der Waals surface area contributed by atoms with Gasteiger partial charge in [0.05, 0.1) is 0 Å². The Morgan fingerprint density at radius 1 is 1.15 bits per heavy atom. The van der Waals surface area contributed by atoms with Crippen LogP contribution >= 0.6 is 0 Å². The molecule has 1 aliphatic heterocycles. The maximum absolute atomic E-state index is 12.4. The summed E-state index contributed by atoms with van der Waals surface area (Å²) >= 11 is 1.04. The number of aliphatic hydroxyl groups is 1. The molecule has 2 N–H and O–H groups in total. The summed E-state index contributed by atoms with van der Waals surface area (Å²) in [5, 5.41) is 10.1. The van der Waals surface area contributed by atoms with Crippen LogP contribution < -0.4 is 4.72 Å². The van der Waals surface area contributed by atoms with Crippen molar-refractivity contribution >= 4 is 36.3 Å². The van der Waals surface area contributed by atoms with E-state index in [-0.39, 0.29) is 12.1 Å². The Balaban J connectivity index is 1.78. The molecule has 0 aromatic heterocycles. The van der Waals surface area contributed by atoms with Gasteiger partial charge in [-0.25, -0.2) is 0 Å². The molecule has 0 radical (unpaired) electrons. The number of hydrogen-bond acceptors (Lipinski definition) is 3. The van der Waals surface area contributed by atoms with Crippen molar-refractivity contribution in [3.05, 3.63) is 29.8 Å². The number of aliphatic hydroxyl groups excluding tert-OH is 1. The van der Waals surface area contributed by atoms with Crippen molar-refractivity contribution in [2.24, 2.45) is 0 Å². The summed E-state index contributed by atoms with van der Waals surface area (Å²) in [5.41, 5.74) is 1.04. The molecule has 20 heavy (non-hydrogen) atoms. The molecule has 0 unspecified atom stereocenters. The summed E-state index contributed by atoms with van der Waals surface area (Å²) in [6.45, 7) is 1.94. The van der Waals surface area contributed by atoms with Gasteiger partial charge < -0.3 is 0 Å². The third-order valence-corrected chi connectivity index (χ3v) is 15.3. The Morgan fingerprint density at radius 2 is 1.80 bits per heavy atom. The van der Waals surface area contributed by atoms with Crippen LogP contribution in [-0.2, 0) is 10.0 Å². The van der Waals surface area contributed by atoms with E-state index in [0.717, 1.165) is 12.0 Å². The minimum atomic E-state index is -3.47. The summed E-state index contributed by atoms with van der Waals surface area (Å²) < 4.78 is 27.7. The predicted molar refractivity (Wildman–Crippen MR) is 79.5 cm³/mol. The average Bonchev–Trinajstić information content (AvgIpc) is 2.82. The monoisotopic (exact) mass is 427 g/mol. The van der Waals surface area contributed by atoms with Gasteiger partial charge in [0.25, 0.3) is 0 Å². The molecule has 1 aliphatic carbocycles. The quantitative estimate of drug-likeness (QED) is 0.702. The summed E-state index contributed by atoms with van der Waals surface area (Å²) in [7, 11) is -3.47. The van der Waals surface area contributed by atoms with Gasteiger partial charge >= 0.3 is 131 Å². The molecule has 1 aromatic rings. The molecule has 3 rings (SSSR count). The fraction of sp³-hybridized carbons (Fsp3) is 0.538. The molecule has 110 valence electrons. The molecule has 0 amide bonds. The normalized spacial score (nSPS) is 33.3. The van der Waals surface area contributed by atoms with Gasteiger partial charge in [0.15, 0.2) is 0 Å². The number of fused-ring (bicyclic) bond motifs is 2. The first-order chi connectivity index (χ1) is 9.45. The van der Waals surface area contributed by atoms with E-state index >= 15 is 0 Å². The van der Waals surface area contributed by atoms with Crippen LogP contribution in [0, 0.1) is 6.92 Å². The second-order valence-corrected chi connectivity index (χ2v) is 14.6. The van der Waals surface area contributed by atoms with E-state index < -0.39 is 10.0 Å². The van der Waals surface area contributed by atoms with Gasteiger partial charge in [-0.05, 0) is 0 Å². The SMILES string of the molecule is Cc1ccc(S(=O)(=O)N[C@@H]2C[C@H](O)[C@@H]3C[C@H]2[Se][Se]3)cc1. The van der Waals surface area contributed by atoms with Gasteiger partial charge in [0.1, 0.15) is 0 Å². The van der Waals surface area contributed by atoms with Crippen molar-refractivity contribution in [1.82, 2.24) is 4.72 Å². The van der Waals surface area contributed by atoms with Gasteiger partial charge in [-0.2, -0.15) is 0 Å². The van der Waals surface area contributed by atoms with Crippen LogP contribution in [0.5, 0.6) is 0 Å². The van der Waals surface area contributed by atoms with Crippen LogP contribution in [0.15, 0.2) is 29.2 Å². The molecule has 7 heteroatoms. The number of aryl methyl sites for hydroxylation is 1. The van der Waals surface area contributed by atoms with E-state index in [0.29, 0.717) is 47.2 Å². The number of rotatable bonds is 3. The molecule has 1 aromatic carbocycles. The summed E-state index contributed by atoms with van der Waals surface area (Å²) in [5.74, 6) is 0. The molecule has 2 bridgehead atoms. The van der Waals surface area contributed by atoms with Crippen molar-refractivity contribution in [2.45, 2.75) is 46.4 Å². The molecular formula is C13H17NO3SSe2. The van der Waals surface area contributed by atoms with Crippen molar-refractivity contribution in [2.75, 3.05) is 0 Å². The Hall–Kier alpha value is 0.129. The van der Waals surface area contributed by atoms with Crippen molar-refractivity contribution in [3.63, 3.8) is 0 Å². The third-order valence-electron chi connectivity index (χ3n) is 3.78. The molecule has 1 heterocycles. The van der Waals surface area contributed by atoms with Crippen LogP contribution in [0.2, 0.25) is 9.63 Å². The Morgan fingerprint density at radius 3 is 2.50 bits per heavy atom. The number of nitrogens with one attached hydrogen (secondary N) is 1. The fourth-order valence-electron chi connectivity index (χ4n) is 2.58. The van der Waals surface area contributed by atoms with Crippen LogP contribution in [0.3, 0.4) is 0 Å². The van der Waals surface area contributed by atoms with E-state index in [1.807, 2.05) is 19.1 Å². The topological polar surface area (TPSA) is 66.4 Å². The molecule has 2 aliphatic rings. The fourth-order valence-corrected chi connectivity index (χ4v) is 15.3. The van der Waals surface area contributed by atoms with Crippen molar-refractivity contribution in [3.8, 4) is 0 Å². The summed E-state index contributed by atoms with van der Waals surface area (Å²) in [6.07, 6.45) is 1.26. The van der Waals surface area contributed by atoms with Crippen LogP contribution in [0.25, 0.3) is 0 Å². The molecule has 4 atom stereocenters. The van der Waals surface area contributed by atoms with Crippen LogP contribution in [-0.4, -0.2) is 51.9 Å². The first-order valence-corrected chi connectivity index (χ1v) is 14.3. The number of benzene rings is 1. The first kappa shape index (κ1) is 15.0. The van der Waals surface area contributed by atoms with Gasteiger partial charge in [0, 0.05) is 0 Å². The van der Waals surface area contributed by atoms with Crippen molar-refractivity contribution in [1.29, 1.82) is 0 Å². The van der Waals surface area contributed by atoms with E-state index in [2.05, 4.69) is 4.72 Å². The number of hydrogen-bond donors (Lipinski definition) is 2. The van der Waals surface area contributed by atoms with Crippen molar-refractivity contribution < 1.29 is 13.5 Å². The van der Waals surface area contributed by atoms with E-state index in [9.17, 15) is 13.5 Å². The average molecular weight is 425 g/mol.